The summed E-state index contributed by atoms with van der Waals surface area (Å²) >= 11 is 0. The monoisotopic (exact) mass is 2010 g/mol. The van der Waals surface area contributed by atoms with Gasteiger partial charge in [-0.05, 0) is 516 Å². The number of likely N-dealkylation sites (tertiary alicyclic amines) is 2. The fourth-order valence-electron chi connectivity index (χ4n) is 44.6. The summed E-state index contributed by atoms with van der Waals surface area (Å²) in [6.45, 7) is 66.6. The Morgan fingerprint density at radius 1 is 0.407 bits per heavy atom. The minimum Gasteiger partial charge on any atom is -0.478 e. The van der Waals surface area contributed by atoms with Crippen molar-refractivity contribution in [2.75, 3.05) is 72.2 Å². The van der Waals surface area contributed by atoms with Crippen LogP contribution in [0.3, 0.4) is 0 Å². The molecule has 145 heavy (non-hydrogen) atoms. The molecule has 808 valence electrons. The lowest BCUT2D eigenvalue weighted by Crippen LogP contribution is -2.68. The number of carbonyl (C=O) groups excluding carboxylic acids is 1. The molecule has 15 aliphatic carbocycles. The fraction of sp³-hybridized carbons (Fsp3) is 0.823. The molecule has 3 aromatic carbocycles. The topological polar surface area (TPSA) is 192 Å². The van der Waals surface area contributed by atoms with Gasteiger partial charge in [-0.25, -0.2) is 14.4 Å². The first-order chi connectivity index (χ1) is 68.1. The third kappa shape index (κ3) is 17.6. The van der Waals surface area contributed by atoms with Gasteiger partial charge in [0.2, 0.25) is 5.91 Å². The number of rotatable bonds is 22. The van der Waals surface area contributed by atoms with Crippen molar-refractivity contribution in [1.29, 1.82) is 0 Å². The van der Waals surface area contributed by atoms with E-state index < -0.39 is 27.4 Å². The fourth-order valence-corrected chi connectivity index (χ4v) is 47.0. The van der Waals surface area contributed by atoms with E-state index in [1.54, 1.807) is 0 Å². The molecule has 1 unspecified atom stereocenters. The summed E-state index contributed by atoms with van der Waals surface area (Å²) in [5.41, 5.74) is 9.47. The summed E-state index contributed by atoms with van der Waals surface area (Å²) in [4.78, 5) is 55.8. The maximum Gasteiger partial charge on any atom is 0.335 e. The van der Waals surface area contributed by atoms with Crippen molar-refractivity contribution in [2.24, 2.45) is 177 Å². The molecule has 15 saturated carbocycles. The number of nitrogens with one attached hydrogen (secondary N) is 3. The van der Waals surface area contributed by atoms with E-state index in [2.05, 4.69) is 239 Å². The van der Waals surface area contributed by atoms with Gasteiger partial charge in [0.05, 0.1) is 16.7 Å². The molecule has 3 aromatic rings. The number of carboxylic acid groups (broad SMARTS) is 3. The maximum atomic E-state index is 13.5. The number of amides is 1. The lowest BCUT2D eigenvalue weighted by molar-refractivity contribution is -0.235. The third-order valence-electron chi connectivity index (χ3n) is 52.4. The molecule has 3 aliphatic heterocycles. The Balaban J connectivity index is 0.000000138. The van der Waals surface area contributed by atoms with Gasteiger partial charge in [-0.1, -0.05) is 189 Å². The zero-order chi connectivity index (χ0) is 104. The van der Waals surface area contributed by atoms with Crippen LogP contribution in [0.15, 0.2) is 72.8 Å². The van der Waals surface area contributed by atoms with Gasteiger partial charge in [-0.2, -0.15) is 0 Å². The molecule has 0 spiro atoms. The second kappa shape index (κ2) is 39.1. The number of hydrogen-bond acceptors (Lipinski definition) is 10. The average molecular weight is 2010 g/mol. The molecule has 18 fully saturated rings. The first-order valence-corrected chi connectivity index (χ1v) is 62.3. The minimum absolute atomic E-state index is 0.0190. The standard InChI is InChI=1S/C44H68N2O3S.C44H70N2O2.C42H66N2O3/c1-28(2)33-15-20-44(45-23-24-46-26-32-25-31(46)27-50(32,8)49)22-21-42(6)35(38(33)44)13-14-37-41(5)18-16-34(29-9-11-30(12-10-29)39(47)48)40(3,4)36(41)17-19-43(37,42)7;1-29(2)33-15-22-44(45-25-28-46-26-18-30(3)19-27-46)24-23-42(7)35(38(33)44)13-14-37-41(6)20-16-34(31-9-11-32(12-10-31)39(47)48)40(4,5)36(41)17-21-43(37,42)8;1-27(2)30-18-23-42(43-35(45)11-10-26-44(8)9)25-24-40(6)32(36(30)42)16-17-34-39(5)21-19-31(28-12-14-29(15-13-28)37(46)47)38(3,4)33(39)20-22-41(34,40)7/h9-12,28,31-38,45H,8,13-27H2,1-7H3,(H,47,48);9-12,29-30,33-38,45H,13-28H2,1-8H3,(H,47,48);12-15,27,30-34,36H,10-11,16-26H2,1-9H3,(H,43,45)(H,46,47)/t31-,32-,33-,34-,35+,36-,37+,38+,41-,42+,43+,44-,50?;33-,34-,35+,36-,37+,38+,41-,42+,43+,44-;30-,31-,32+,33-,34+,36+,39-,40+,41+,42-/m000/s1. The van der Waals surface area contributed by atoms with E-state index in [0.717, 1.165) is 129 Å². The van der Waals surface area contributed by atoms with Crippen LogP contribution in [-0.4, -0.2) is 164 Å². The quantitative estimate of drug-likeness (QED) is 0.0521. The average Bonchev–Trinajstić information content (AvgIpc) is 1.64. The Kier molecular flexibility index (Phi) is 29.3. The molecular weight excluding hydrogens is 1810 g/mol. The Bertz CT molecular complexity index is 5290. The van der Waals surface area contributed by atoms with E-state index in [9.17, 15) is 38.7 Å². The van der Waals surface area contributed by atoms with E-state index in [4.69, 9.17) is 0 Å². The predicted molar refractivity (Wildman–Crippen MR) is 597 cm³/mol. The van der Waals surface area contributed by atoms with Crippen LogP contribution in [-0.2, 0) is 14.3 Å². The van der Waals surface area contributed by atoms with Crippen LogP contribution in [0.25, 0.3) is 0 Å². The second-order valence-corrected chi connectivity index (χ2v) is 62.5. The normalized spacial score (nSPS) is 45.4. The number of nitrogens with zero attached hydrogens (tertiary/aromatic N) is 3. The van der Waals surface area contributed by atoms with Gasteiger partial charge in [0, 0.05) is 72.8 Å². The van der Waals surface area contributed by atoms with Crippen LogP contribution in [0.5, 0.6) is 0 Å². The molecule has 33 atom stereocenters. The molecule has 0 aromatic heterocycles. The lowest BCUT2D eigenvalue weighted by atomic mass is 9.32. The summed E-state index contributed by atoms with van der Waals surface area (Å²) in [7, 11) is 2.34. The van der Waals surface area contributed by atoms with E-state index in [1.807, 2.05) is 36.4 Å². The zero-order valence-electron chi connectivity index (χ0n) is 95.7. The second-order valence-electron chi connectivity index (χ2n) is 59.8. The highest BCUT2D eigenvalue weighted by atomic mass is 32.2. The van der Waals surface area contributed by atoms with Crippen LogP contribution in [0.1, 0.15) is 443 Å². The van der Waals surface area contributed by atoms with Crippen molar-refractivity contribution in [2.45, 2.75) is 423 Å². The van der Waals surface area contributed by atoms with Gasteiger partial charge in [0.15, 0.2) is 0 Å². The summed E-state index contributed by atoms with van der Waals surface area (Å²) in [5.74, 6) is 18.3. The first kappa shape index (κ1) is 109. The van der Waals surface area contributed by atoms with Crippen molar-refractivity contribution < 1.29 is 38.7 Å². The molecule has 14 nitrogen and oxygen atoms in total. The molecular formula is C130H204N6O8S. The SMILES string of the molecule is C=S1(=O)C[C@@H]2C[C@H]1CN2CCN[C@]12CC[C@@H](C(C)C)[C@@H]1[C@H]1CC[C@@H]3[C@@]4(C)CC[C@@H](c5ccc(C(=O)O)cc5)C(C)(C)[C@@H]4CC[C@@]3(C)[C@]1(C)CC2.CC(C)[C@@H]1CC[C@]2(NC(=O)CCCN(C)C)CC[C@]3(C)[C@H](CC[C@@H]4[C@@]5(C)CC[C@@H](c6ccc(C(=O)O)cc6)C(C)(C)[C@@H]5CC[C@]43C)[C@@H]12.CC1CCN(CCN[C@]23CC[C@@H](C(C)C)[C@@H]2[C@H]2CC[C@@H]4[C@@]5(C)CC[C@@H](c6ccc(C(=O)O)cc6)C(C)(C)[C@@H]5CC[C@@]4(C)[C@]2(C)CC3)CC1. The van der Waals surface area contributed by atoms with Crippen molar-refractivity contribution in [3.63, 3.8) is 0 Å². The largest absolute Gasteiger partial charge is 0.478 e. The highest BCUT2D eigenvalue weighted by Crippen LogP contribution is 2.83. The molecule has 18 aliphatic rings. The van der Waals surface area contributed by atoms with E-state index >= 15 is 0 Å². The minimum atomic E-state index is -1.85. The highest BCUT2D eigenvalue weighted by molar-refractivity contribution is 8.01. The lowest BCUT2D eigenvalue weighted by Gasteiger charge is -2.73. The predicted octanol–water partition coefficient (Wildman–Crippen LogP) is 28.4. The van der Waals surface area contributed by atoms with Crippen molar-refractivity contribution in [3.05, 3.63) is 106 Å². The molecule has 3 heterocycles. The maximum absolute atomic E-state index is 13.5. The zero-order valence-corrected chi connectivity index (χ0v) is 96.6. The van der Waals surface area contributed by atoms with Crippen LogP contribution in [0.2, 0.25) is 0 Å². The van der Waals surface area contributed by atoms with Crippen LogP contribution >= 0.6 is 0 Å². The van der Waals surface area contributed by atoms with E-state index in [0.29, 0.717) is 148 Å². The molecule has 3 saturated heterocycles. The summed E-state index contributed by atoms with van der Waals surface area (Å²) < 4.78 is 12.8. The van der Waals surface area contributed by atoms with E-state index in [-0.39, 0.29) is 33.2 Å². The van der Waals surface area contributed by atoms with Crippen molar-refractivity contribution in [3.8, 4) is 0 Å². The van der Waals surface area contributed by atoms with Crippen LogP contribution in [0, 0.1) is 177 Å². The van der Waals surface area contributed by atoms with Crippen molar-refractivity contribution in [1.82, 2.24) is 30.7 Å². The van der Waals surface area contributed by atoms with Gasteiger partial charge in [-0.3, -0.25) is 13.9 Å². The third-order valence-corrected chi connectivity index (χ3v) is 54.9. The van der Waals surface area contributed by atoms with Gasteiger partial charge in [-0.15, -0.1) is 0 Å². The van der Waals surface area contributed by atoms with Crippen LogP contribution < -0.4 is 16.0 Å². The van der Waals surface area contributed by atoms with Gasteiger partial charge >= 0.3 is 17.9 Å². The number of piperidine rings is 1. The Morgan fingerprint density at radius 2 is 0.745 bits per heavy atom. The number of benzene rings is 3. The number of hydrogen-bond donors (Lipinski definition) is 6. The number of carbonyl (C=O) groups is 4. The molecule has 0 radical (unpaired) electrons. The molecule has 21 rings (SSSR count). The number of carboxylic acids is 3. The van der Waals surface area contributed by atoms with Crippen molar-refractivity contribution >= 4 is 39.2 Å². The Hall–Kier alpha value is -4.64. The summed E-state index contributed by atoms with van der Waals surface area (Å²) in [5, 5.41) is 41.4. The van der Waals surface area contributed by atoms with Gasteiger partial charge in [0.25, 0.3) is 0 Å². The summed E-state index contributed by atoms with van der Waals surface area (Å²) in [6, 6.07) is 24.1. The first-order valence-electron chi connectivity index (χ1n) is 60.4. The Labute approximate surface area is 881 Å². The molecule has 2 bridgehead atoms. The number of fused-ring (bicyclic) bond motifs is 23. The van der Waals surface area contributed by atoms with Gasteiger partial charge in [0.1, 0.15) is 0 Å². The highest BCUT2D eigenvalue weighted by Gasteiger charge is 2.76. The number of aromatic carboxylic acids is 3. The van der Waals surface area contributed by atoms with Gasteiger partial charge < -0.3 is 41.1 Å². The molecule has 1 amide bonds. The van der Waals surface area contributed by atoms with Crippen LogP contribution in [0.4, 0.5) is 0 Å². The van der Waals surface area contributed by atoms with E-state index in [1.165, 1.54) is 235 Å². The molecule has 6 N–H and O–H groups in total. The summed E-state index contributed by atoms with van der Waals surface area (Å²) in [6.07, 6.45) is 45.0. The molecule has 15 heteroatoms. The Morgan fingerprint density at radius 3 is 1.07 bits per heavy atom. The smallest absolute Gasteiger partial charge is 0.335 e.